The third-order valence-electron chi connectivity index (χ3n) is 1.17. The Kier molecular flexibility index (Phi) is 18.4. The summed E-state index contributed by atoms with van der Waals surface area (Å²) in [5.41, 5.74) is 0. The van der Waals surface area contributed by atoms with E-state index < -0.39 is 0 Å². The molecule has 0 aliphatic heterocycles. The Morgan fingerprint density at radius 2 is 1.43 bits per heavy atom. The summed E-state index contributed by atoms with van der Waals surface area (Å²) in [5.74, 6) is 0. The Bertz CT molecular complexity index is 165. The van der Waals surface area contributed by atoms with Gasteiger partial charge in [-0.05, 0) is 0 Å². The van der Waals surface area contributed by atoms with Crippen molar-refractivity contribution in [1.29, 1.82) is 0 Å². The molecule has 0 unspecified atom stereocenters. The van der Waals surface area contributed by atoms with Crippen molar-refractivity contribution in [3.8, 4) is 0 Å². The normalized spacial score (nSPS) is 13.9. The first kappa shape index (κ1) is 16.5. The number of hydrogen-bond acceptors (Lipinski definition) is 1. The summed E-state index contributed by atoms with van der Waals surface area (Å²) < 4.78 is 3.47. The van der Waals surface area contributed by atoms with E-state index in [4.69, 9.17) is 0 Å². The van der Waals surface area contributed by atoms with E-state index in [-0.39, 0.29) is 26.2 Å². The van der Waals surface area contributed by atoms with Crippen molar-refractivity contribution in [3.05, 3.63) is 55.7 Å². The van der Waals surface area contributed by atoms with Gasteiger partial charge >= 0.3 is 26.2 Å². The summed E-state index contributed by atoms with van der Waals surface area (Å²) in [4.78, 5) is 0. The molecule has 0 N–H and O–H groups in total. The van der Waals surface area contributed by atoms with E-state index in [1.54, 1.807) is 0 Å². The topological polar surface area (TPSA) is 9.23 Å². The Morgan fingerprint density at radius 1 is 1.07 bits per heavy atom. The van der Waals surface area contributed by atoms with Gasteiger partial charge in [-0.3, -0.25) is 12.2 Å². The second kappa shape index (κ2) is 15.6. The van der Waals surface area contributed by atoms with Gasteiger partial charge in [-0.2, -0.15) is 12.2 Å². The zero-order chi connectivity index (χ0) is 9.78. The SMILES string of the molecule is [C-]1=CC=CC1.[C-]1=CC=CC1.[CH2-]OCl.[Zr+3]. The first-order valence-corrected chi connectivity index (χ1v) is 4.19. The van der Waals surface area contributed by atoms with Crippen molar-refractivity contribution in [1.82, 2.24) is 0 Å². The van der Waals surface area contributed by atoms with Gasteiger partial charge in [0.2, 0.25) is 0 Å². The average molecular weight is 287 g/mol. The van der Waals surface area contributed by atoms with Crippen molar-refractivity contribution < 1.29 is 30.5 Å². The molecule has 0 aromatic heterocycles. The number of hydrogen-bond donors (Lipinski definition) is 0. The minimum Gasteiger partial charge on any atom is -0.459 e. The molecule has 0 aromatic carbocycles. The van der Waals surface area contributed by atoms with Gasteiger partial charge in [0.15, 0.2) is 0 Å². The smallest absolute Gasteiger partial charge is 0.459 e. The maximum absolute atomic E-state index is 4.39. The van der Waals surface area contributed by atoms with E-state index in [9.17, 15) is 0 Å². The molecule has 14 heavy (non-hydrogen) atoms. The first-order chi connectivity index (χ1) is 6.41. The van der Waals surface area contributed by atoms with Crippen LogP contribution in [0.25, 0.3) is 0 Å². The molecule has 3 heteroatoms. The molecule has 2 aliphatic carbocycles. The number of allylic oxidation sites excluding steroid dienone is 8. The summed E-state index contributed by atoms with van der Waals surface area (Å²) in [6.07, 6.45) is 20.0. The van der Waals surface area contributed by atoms with Gasteiger partial charge in [0.05, 0.1) is 0 Å². The Hall–Kier alpha value is 0.0931. The van der Waals surface area contributed by atoms with E-state index in [0.29, 0.717) is 0 Å². The molecule has 0 bridgehead atoms. The van der Waals surface area contributed by atoms with Crippen molar-refractivity contribution in [3.63, 3.8) is 0 Å². The van der Waals surface area contributed by atoms with Crippen molar-refractivity contribution in [2.75, 3.05) is 0 Å². The fourth-order valence-electron chi connectivity index (χ4n) is 0.680. The molecule has 0 amide bonds. The molecule has 0 fully saturated rings. The quantitative estimate of drug-likeness (QED) is 0.619. The Labute approximate surface area is 110 Å². The minimum atomic E-state index is 0. The standard InChI is InChI=1S/2C5H5.CH2ClO.Zr/c2*1-2-4-5-3-1;1-3-2;/h2*1-3H,4H2;1H2;/q3*-1;+3. The molecule has 0 saturated heterocycles. The maximum Gasteiger partial charge on any atom is 3.00 e. The van der Waals surface area contributed by atoms with Crippen molar-refractivity contribution in [2.24, 2.45) is 0 Å². The molecule has 1 radical (unpaired) electrons. The predicted octanol–water partition coefficient (Wildman–Crippen LogP) is 3.56. The van der Waals surface area contributed by atoms with Crippen LogP contribution in [0.15, 0.2) is 36.5 Å². The van der Waals surface area contributed by atoms with Crippen molar-refractivity contribution >= 4 is 11.9 Å². The third-order valence-corrected chi connectivity index (χ3v) is 1.17. The van der Waals surface area contributed by atoms with Crippen molar-refractivity contribution in [2.45, 2.75) is 12.8 Å². The fraction of sp³-hybridized carbons (Fsp3) is 0.182. The van der Waals surface area contributed by atoms with Gasteiger partial charge in [0.25, 0.3) is 0 Å². The molecule has 1 nitrogen and oxygen atoms in total. The monoisotopic (exact) mass is 285 g/mol. The Morgan fingerprint density at radius 3 is 1.50 bits per heavy atom. The van der Waals surface area contributed by atoms with E-state index >= 15 is 0 Å². The largest absolute Gasteiger partial charge is 3.00 e. The maximum atomic E-state index is 4.39. The van der Waals surface area contributed by atoms with E-state index in [2.05, 4.69) is 47.6 Å². The molecule has 2 rings (SSSR count). The summed E-state index contributed by atoms with van der Waals surface area (Å²) in [5, 5.41) is 0. The van der Waals surface area contributed by atoms with Gasteiger partial charge in [0.1, 0.15) is 0 Å². The predicted molar refractivity (Wildman–Crippen MR) is 55.4 cm³/mol. The third kappa shape index (κ3) is 14.6. The molecule has 73 valence electrons. The summed E-state index contributed by atoms with van der Waals surface area (Å²) in [7, 11) is 2.75. The van der Waals surface area contributed by atoms with Gasteiger partial charge in [-0.1, -0.05) is 0 Å². The first-order valence-electron chi connectivity index (χ1n) is 3.88. The fourth-order valence-corrected chi connectivity index (χ4v) is 0.680. The van der Waals surface area contributed by atoms with Crippen LogP contribution in [0.1, 0.15) is 12.8 Å². The molecule has 0 spiro atoms. The number of rotatable bonds is 0. The van der Waals surface area contributed by atoms with Crippen LogP contribution in [-0.4, -0.2) is 0 Å². The average Bonchev–Trinajstić information content (AvgIpc) is 2.85. The molecule has 0 aromatic rings. The van der Waals surface area contributed by atoms with Crippen LogP contribution in [0.4, 0.5) is 0 Å². The zero-order valence-corrected chi connectivity index (χ0v) is 11.1. The van der Waals surface area contributed by atoms with Crippen LogP contribution in [-0.2, 0) is 30.5 Å². The van der Waals surface area contributed by atoms with E-state index in [0.717, 1.165) is 12.8 Å². The summed E-state index contributed by atoms with van der Waals surface area (Å²) in [6.45, 7) is 0. The summed E-state index contributed by atoms with van der Waals surface area (Å²) >= 11 is 4.39. The zero-order valence-electron chi connectivity index (χ0n) is 7.87. The van der Waals surface area contributed by atoms with Crippen LogP contribution in [0, 0.1) is 19.3 Å². The molecular weight excluding hydrogens is 275 g/mol. The molecule has 0 heterocycles. The van der Waals surface area contributed by atoms with Gasteiger partial charge in [0, 0.05) is 11.9 Å². The molecule has 0 saturated carbocycles. The van der Waals surface area contributed by atoms with Gasteiger partial charge < -0.3 is 4.29 Å². The second-order valence-electron chi connectivity index (χ2n) is 2.12. The second-order valence-corrected chi connectivity index (χ2v) is 2.33. The van der Waals surface area contributed by atoms with Crippen LogP contribution in [0.5, 0.6) is 0 Å². The summed E-state index contributed by atoms with van der Waals surface area (Å²) in [6, 6.07) is 0. The van der Waals surface area contributed by atoms with Crippen LogP contribution >= 0.6 is 11.9 Å². The molecular formula is C11H12ClOZr. The Balaban J connectivity index is 0. The molecule has 2 aliphatic rings. The minimum absolute atomic E-state index is 0. The van der Waals surface area contributed by atoms with Crippen LogP contribution < -0.4 is 0 Å². The van der Waals surface area contributed by atoms with Gasteiger partial charge in [-0.15, -0.1) is 12.8 Å². The number of halogens is 1. The van der Waals surface area contributed by atoms with E-state index in [1.165, 1.54) is 0 Å². The van der Waals surface area contributed by atoms with Gasteiger partial charge in [-0.25, -0.2) is 31.4 Å². The molecule has 0 atom stereocenters. The van der Waals surface area contributed by atoms with Crippen LogP contribution in [0.3, 0.4) is 0 Å². The van der Waals surface area contributed by atoms with E-state index in [1.807, 2.05) is 24.3 Å². The van der Waals surface area contributed by atoms with Crippen LogP contribution in [0.2, 0.25) is 0 Å².